The minimum Gasteiger partial charge on any atom is -0.306 e. The second-order valence-electron chi connectivity index (χ2n) is 5.04. The van der Waals surface area contributed by atoms with E-state index in [0.29, 0.717) is 26.9 Å². The van der Waals surface area contributed by atoms with E-state index in [4.69, 9.17) is 0 Å². The van der Waals surface area contributed by atoms with Gasteiger partial charge in [-0.2, -0.15) is 26.3 Å². The summed E-state index contributed by atoms with van der Waals surface area (Å²) in [4.78, 5) is 4.05. The van der Waals surface area contributed by atoms with Gasteiger partial charge >= 0.3 is 12.4 Å². The lowest BCUT2D eigenvalue weighted by molar-refractivity contribution is -0.137. The van der Waals surface area contributed by atoms with Crippen LogP contribution in [0.4, 0.5) is 26.3 Å². The first kappa shape index (κ1) is 18.1. The van der Waals surface area contributed by atoms with Crippen LogP contribution in [-0.2, 0) is 12.4 Å². The Kier molecular flexibility index (Phi) is 4.52. The third kappa shape index (κ3) is 3.64. The number of hydrogen-bond donors (Lipinski definition) is 0. The average molecular weight is 396 g/mol. The van der Waals surface area contributed by atoms with Gasteiger partial charge in [0.1, 0.15) is 16.2 Å². The molecule has 0 spiro atoms. The second kappa shape index (κ2) is 6.24. The van der Waals surface area contributed by atoms with Crippen molar-refractivity contribution in [2.45, 2.75) is 24.2 Å². The standard InChI is InChI=1S/C15H10F6N2S2/c1-2-24-10-6-11(15(19,20)21)25-13(10)9-7-23-4-3-8(14(16,17)18)5-12(23)22-9/h3-7H,2H2,1H3. The number of pyridine rings is 1. The molecule has 0 radical (unpaired) electrons. The van der Waals surface area contributed by atoms with Crippen LogP contribution in [0.1, 0.15) is 17.4 Å². The third-order valence-corrected chi connectivity index (χ3v) is 5.55. The van der Waals surface area contributed by atoms with Gasteiger partial charge in [-0.1, -0.05) is 6.92 Å². The SMILES string of the molecule is CCSc1cc(C(F)(F)F)sc1-c1cn2ccc(C(F)(F)F)cc2n1. The molecule has 0 aromatic carbocycles. The quantitative estimate of drug-likeness (QED) is 0.387. The third-order valence-electron chi connectivity index (χ3n) is 3.30. The molecule has 0 saturated carbocycles. The number of alkyl halides is 6. The van der Waals surface area contributed by atoms with Gasteiger partial charge in [0.15, 0.2) is 0 Å². The molecule has 3 aromatic heterocycles. The van der Waals surface area contributed by atoms with Crippen LogP contribution in [0.25, 0.3) is 16.2 Å². The molecule has 3 heterocycles. The maximum absolute atomic E-state index is 13.0. The highest BCUT2D eigenvalue weighted by molar-refractivity contribution is 7.99. The van der Waals surface area contributed by atoms with Crippen LogP contribution in [0.5, 0.6) is 0 Å². The Bertz CT molecular complexity index is 907. The summed E-state index contributed by atoms with van der Waals surface area (Å²) in [6.45, 7) is 1.80. The molecule has 0 atom stereocenters. The maximum Gasteiger partial charge on any atom is 0.425 e. The van der Waals surface area contributed by atoms with Crippen LogP contribution < -0.4 is 0 Å². The Morgan fingerprint density at radius 2 is 1.84 bits per heavy atom. The topological polar surface area (TPSA) is 17.3 Å². The number of fused-ring (bicyclic) bond motifs is 1. The minimum absolute atomic E-state index is 0.0271. The second-order valence-corrected chi connectivity index (χ2v) is 7.40. The Labute approximate surface area is 146 Å². The van der Waals surface area contributed by atoms with Crippen molar-refractivity contribution in [3.63, 3.8) is 0 Å². The van der Waals surface area contributed by atoms with E-state index in [1.807, 2.05) is 0 Å². The number of imidazole rings is 1. The Morgan fingerprint density at radius 1 is 1.12 bits per heavy atom. The van der Waals surface area contributed by atoms with Crippen LogP contribution in [-0.4, -0.2) is 15.1 Å². The van der Waals surface area contributed by atoms with Gasteiger partial charge in [-0.25, -0.2) is 4.98 Å². The van der Waals surface area contributed by atoms with E-state index in [2.05, 4.69) is 4.98 Å². The van der Waals surface area contributed by atoms with Crippen molar-refractivity contribution in [3.8, 4) is 10.6 Å². The molecule has 0 N–H and O–H groups in total. The van der Waals surface area contributed by atoms with Crippen LogP contribution in [0, 0.1) is 0 Å². The van der Waals surface area contributed by atoms with Crippen molar-refractivity contribution in [2.24, 2.45) is 0 Å². The summed E-state index contributed by atoms with van der Waals surface area (Å²) < 4.78 is 78.6. The number of aromatic nitrogens is 2. The molecular weight excluding hydrogens is 386 g/mol. The number of thioether (sulfide) groups is 1. The van der Waals surface area contributed by atoms with E-state index < -0.39 is 22.8 Å². The smallest absolute Gasteiger partial charge is 0.306 e. The first-order valence-corrected chi connectivity index (χ1v) is 8.80. The molecule has 0 amide bonds. The largest absolute Gasteiger partial charge is 0.425 e. The van der Waals surface area contributed by atoms with E-state index in [1.165, 1.54) is 28.6 Å². The summed E-state index contributed by atoms with van der Waals surface area (Å²) in [6.07, 6.45) is -6.36. The maximum atomic E-state index is 13.0. The van der Waals surface area contributed by atoms with Crippen LogP contribution >= 0.6 is 23.1 Å². The molecule has 2 nitrogen and oxygen atoms in total. The molecule has 10 heteroatoms. The number of thiophene rings is 1. The van der Waals surface area contributed by atoms with Crippen molar-refractivity contribution >= 4 is 28.7 Å². The minimum atomic E-state index is -4.51. The van der Waals surface area contributed by atoms with E-state index in [1.54, 1.807) is 6.92 Å². The Hall–Kier alpha value is -1.68. The van der Waals surface area contributed by atoms with Gasteiger partial charge < -0.3 is 4.40 Å². The molecular formula is C15H10F6N2S2. The molecule has 0 aliphatic rings. The van der Waals surface area contributed by atoms with Crippen molar-refractivity contribution in [3.05, 3.63) is 41.0 Å². The normalized spacial score (nSPS) is 12.9. The van der Waals surface area contributed by atoms with Crippen molar-refractivity contribution in [2.75, 3.05) is 5.75 Å². The highest BCUT2D eigenvalue weighted by Gasteiger charge is 2.35. The summed E-state index contributed by atoms with van der Waals surface area (Å²) >= 11 is 1.77. The van der Waals surface area contributed by atoms with E-state index in [-0.39, 0.29) is 11.3 Å². The van der Waals surface area contributed by atoms with Gasteiger partial charge in [0.2, 0.25) is 0 Å². The first-order chi connectivity index (χ1) is 11.6. The summed E-state index contributed by atoms with van der Waals surface area (Å²) in [7, 11) is 0. The Balaban J connectivity index is 2.11. The monoisotopic (exact) mass is 396 g/mol. The molecule has 0 aliphatic carbocycles. The van der Waals surface area contributed by atoms with E-state index in [0.717, 1.165) is 18.2 Å². The zero-order valence-electron chi connectivity index (χ0n) is 12.6. The van der Waals surface area contributed by atoms with Crippen molar-refractivity contribution in [1.29, 1.82) is 0 Å². The number of nitrogens with zero attached hydrogens (tertiary/aromatic N) is 2. The molecule has 3 aromatic rings. The lowest BCUT2D eigenvalue weighted by atomic mass is 10.2. The summed E-state index contributed by atoms with van der Waals surface area (Å²) in [5, 5.41) is 0. The number of hydrogen-bond acceptors (Lipinski definition) is 3. The lowest BCUT2D eigenvalue weighted by Gasteiger charge is -2.05. The molecule has 0 bridgehead atoms. The molecule has 0 aliphatic heterocycles. The van der Waals surface area contributed by atoms with E-state index >= 15 is 0 Å². The number of halogens is 6. The number of rotatable bonds is 3. The van der Waals surface area contributed by atoms with Gasteiger partial charge in [-0.15, -0.1) is 23.1 Å². The zero-order valence-corrected chi connectivity index (χ0v) is 14.2. The summed E-state index contributed by atoms with van der Waals surface area (Å²) in [5.74, 6) is 0.562. The molecule has 0 saturated heterocycles. The van der Waals surface area contributed by atoms with Crippen LogP contribution in [0.15, 0.2) is 35.5 Å². The molecule has 3 rings (SSSR count). The van der Waals surface area contributed by atoms with Gasteiger partial charge in [0.05, 0.1) is 10.4 Å². The molecule has 0 unspecified atom stereocenters. The average Bonchev–Trinajstić information content (AvgIpc) is 3.08. The zero-order chi connectivity index (χ0) is 18.4. The lowest BCUT2D eigenvalue weighted by Crippen LogP contribution is -2.05. The molecule has 0 fully saturated rings. The van der Waals surface area contributed by atoms with Crippen molar-refractivity contribution < 1.29 is 26.3 Å². The predicted octanol–water partition coefficient (Wildman–Crippen LogP) is 6.21. The predicted molar refractivity (Wildman–Crippen MR) is 84.9 cm³/mol. The molecule has 134 valence electrons. The fourth-order valence-electron chi connectivity index (χ4n) is 2.22. The van der Waals surface area contributed by atoms with Crippen LogP contribution in [0.2, 0.25) is 0 Å². The highest BCUT2D eigenvalue weighted by atomic mass is 32.2. The van der Waals surface area contributed by atoms with E-state index in [9.17, 15) is 26.3 Å². The van der Waals surface area contributed by atoms with Crippen molar-refractivity contribution in [1.82, 2.24) is 9.38 Å². The fraction of sp³-hybridized carbons (Fsp3) is 0.267. The summed E-state index contributed by atoms with van der Waals surface area (Å²) in [5.41, 5.74) is -0.613. The Morgan fingerprint density at radius 3 is 2.44 bits per heavy atom. The van der Waals surface area contributed by atoms with Gasteiger partial charge in [0.25, 0.3) is 0 Å². The summed E-state index contributed by atoms with van der Waals surface area (Å²) in [6, 6.07) is 2.82. The fourth-order valence-corrected chi connectivity index (χ4v) is 4.22. The van der Waals surface area contributed by atoms with Gasteiger partial charge in [0, 0.05) is 17.3 Å². The van der Waals surface area contributed by atoms with Gasteiger partial charge in [-0.05, 0) is 24.0 Å². The van der Waals surface area contributed by atoms with Gasteiger partial charge in [-0.3, -0.25) is 0 Å². The highest BCUT2D eigenvalue weighted by Crippen LogP contribution is 2.44. The molecule has 25 heavy (non-hydrogen) atoms. The first-order valence-electron chi connectivity index (χ1n) is 6.99. The van der Waals surface area contributed by atoms with Crippen LogP contribution in [0.3, 0.4) is 0 Å².